The van der Waals surface area contributed by atoms with Crippen molar-refractivity contribution in [1.82, 2.24) is 15.5 Å². The van der Waals surface area contributed by atoms with E-state index >= 15 is 0 Å². The minimum Gasteiger partial charge on any atom is -0.493 e. The van der Waals surface area contributed by atoms with Crippen LogP contribution in [0.25, 0.3) is 10.9 Å². The lowest BCUT2D eigenvalue weighted by molar-refractivity contribution is 0.252. The molecule has 0 aliphatic heterocycles. The van der Waals surface area contributed by atoms with Gasteiger partial charge in [0.05, 0.1) is 25.4 Å². The van der Waals surface area contributed by atoms with Crippen LogP contribution >= 0.6 is 0 Å². The molecule has 0 aliphatic carbocycles. The molecule has 7 nitrogen and oxygen atoms in total. The number of benzene rings is 2. The minimum atomic E-state index is -0.243. The van der Waals surface area contributed by atoms with E-state index < -0.39 is 0 Å². The van der Waals surface area contributed by atoms with E-state index in [9.17, 15) is 4.79 Å². The maximum atomic E-state index is 12.1. The molecule has 1 heterocycles. The second kappa shape index (κ2) is 8.93. The van der Waals surface area contributed by atoms with Crippen LogP contribution in [0.2, 0.25) is 0 Å². The Kier molecular flexibility index (Phi) is 6.14. The number of aromatic amines is 1. The molecule has 0 unspecified atom stereocenters. The Bertz CT molecular complexity index is 907. The van der Waals surface area contributed by atoms with Crippen LogP contribution in [0.15, 0.2) is 42.6 Å². The molecular weight excluding hydrogens is 344 g/mol. The second-order valence-electron chi connectivity index (χ2n) is 6.14. The number of amides is 2. The number of carbonyl (C=O) groups is 1. The van der Waals surface area contributed by atoms with E-state index in [1.165, 1.54) is 0 Å². The molecule has 0 fully saturated rings. The maximum Gasteiger partial charge on any atom is 0.319 e. The van der Waals surface area contributed by atoms with Gasteiger partial charge in [-0.25, -0.2) is 4.79 Å². The van der Waals surface area contributed by atoms with Gasteiger partial charge in [0.15, 0.2) is 11.5 Å². The first-order chi connectivity index (χ1) is 13.2. The summed E-state index contributed by atoms with van der Waals surface area (Å²) in [6.07, 6.45) is 3.36. The average Bonchev–Trinajstić information content (AvgIpc) is 3.14. The van der Waals surface area contributed by atoms with Crippen LogP contribution < -0.4 is 20.1 Å². The molecular formula is C20H24N4O3. The fourth-order valence-corrected chi connectivity index (χ4v) is 2.71. The highest BCUT2D eigenvalue weighted by molar-refractivity contribution is 5.92. The first kappa shape index (κ1) is 18.6. The molecule has 0 radical (unpaired) electrons. The SMILES string of the molecule is CCCOc1ccc(CCNC(=O)Nc2ccc3[nH]ncc3c2)cc1OC. The Balaban J connectivity index is 1.50. The maximum absolute atomic E-state index is 12.1. The highest BCUT2D eigenvalue weighted by Crippen LogP contribution is 2.28. The van der Waals surface area contributed by atoms with E-state index in [0.717, 1.165) is 34.3 Å². The summed E-state index contributed by atoms with van der Waals surface area (Å²) in [6.45, 7) is 3.23. The van der Waals surface area contributed by atoms with Crippen molar-refractivity contribution in [3.63, 3.8) is 0 Å². The van der Waals surface area contributed by atoms with Gasteiger partial charge in [0.25, 0.3) is 0 Å². The van der Waals surface area contributed by atoms with Crippen molar-refractivity contribution in [1.29, 1.82) is 0 Å². The van der Waals surface area contributed by atoms with Crippen molar-refractivity contribution < 1.29 is 14.3 Å². The number of ether oxygens (including phenoxy) is 2. The van der Waals surface area contributed by atoms with Gasteiger partial charge >= 0.3 is 6.03 Å². The molecule has 0 atom stereocenters. The molecule has 27 heavy (non-hydrogen) atoms. The number of nitrogens with one attached hydrogen (secondary N) is 3. The van der Waals surface area contributed by atoms with E-state index in [-0.39, 0.29) is 6.03 Å². The fourth-order valence-electron chi connectivity index (χ4n) is 2.71. The zero-order chi connectivity index (χ0) is 19.1. The molecule has 2 aromatic carbocycles. The number of fused-ring (bicyclic) bond motifs is 1. The van der Waals surface area contributed by atoms with E-state index in [1.54, 1.807) is 13.3 Å². The van der Waals surface area contributed by atoms with Crippen LogP contribution in [0.4, 0.5) is 10.5 Å². The first-order valence-electron chi connectivity index (χ1n) is 8.97. The lowest BCUT2D eigenvalue weighted by Gasteiger charge is -2.12. The number of aromatic nitrogens is 2. The van der Waals surface area contributed by atoms with E-state index in [0.29, 0.717) is 25.3 Å². The number of H-pyrrole nitrogens is 1. The van der Waals surface area contributed by atoms with Gasteiger partial charge in [0.2, 0.25) is 0 Å². The van der Waals surface area contributed by atoms with Crippen molar-refractivity contribution in [3.05, 3.63) is 48.2 Å². The van der Waals surface area contributed by atoms with Crippen molar-refractivity contribution in [2.24, 2.45) is 0 Å². The summed E-state index contributed by atoms with van der Waals surface area (Å²) in [6, 6.07) is 11.2. The lowest BCUT2D eigenvalue weighted by atomic mass is 10.1. The molecule has 0 bridgehead atoms. The van der Waals surface area contributed by atoms with Crippen molar-refractivity contribution >= 4 is 22.6 Å². The van der Waals surface area contributed by atoms with E-state index in [2.05, 4.69) is 27.8 Å². The Morgan fingerprint density at radius 1 is 1.19 bits per heavy atom. The summed E-state index contributed by atoms with van der Waals surface area (Å²) in [5.74, 6) is 1.45. The number of hydrogen-bond acceptors (Lipinski definition) is 4. The van der Waals surface area contributed by atoms with E-state index in [1.807, 2.05) is 36.4 Å². The highest BCUT2D eigenvalue weighted by atomic mass is 16.5. The topological polar surface area (TPSA) is 88.3 Å². The molecule has 142 valence electrons. The summed E-state index contributed by atoms with van der Waals surface area (Å²) >= 11 is 0. The number of carbonyl (C=O) groups excluding carboxylic acids is 1. The molecule has 0 aliphatic rings. The number of anilines is 1. The largest absolute Gasteiger partial charge is 0.493 e. The predicted octanol–water partition coefficient (Wildman–Crippen LogP) is 3.72. The Hall–Kier alpha value is -3.22. The average molecular weight is 368 g/mol. The standard InChI is InChI=1S/C20H24N4O3/c1-3-10-27-18-7-4-14(11-19(18)26-2)8-9-21-20(25)23-16-5-6-17-15(12-16)13-22-24-17/h4-7,11-13H,3,8-10H2,1-2H3,(H,22,24)(H2,21,23,25). The Morgan fingerprint density at radius 3 is 2.89 bits per heavy atom. The molecule has 7 heteroatoms. The molecule has 3 aromatic rings. The summed E-state index contributed by atoms with van der Waals surface area (Å²) in [5.41, 5.74) is 2.72. The van der Waals surface area contributed by atoms with Gasteiger partial charge < -0.3 is 20.1 Å². The van der Waals surface area contributed by atoms with Crippen molar-refractivity contribution in [2.75, 3.05) is 25.6 Å². The smallest absolute Gasteiger partial charge is 0.319 e. The van der Waals surface area contributed by atoms with Gasteiger partial charge in [-0.1, -0.05) is 13.0 Å². The van der Waals surface area contributed by atoms with Gasteiger partial charge in [-0.3, -0.25) is 5.10 Å². The third-order valence-corrected chi connectivity index (χ3v) is 4.09. The minimum absolute atomic E-state index is 0.243. The molecule has 0 saturated carbocycles. The first-order valence-corrected chi connectivity index (χ1v) is 8.97. The monoisotopic (exact) mass is 368 g/mol. The molecule has 3 N–H and O–H groups in total. The van der Waals surface area contributed by atoms with Crippen LogP contribution in [0.5, 0.6) is 11.5 Å². The number of urea groups is 1. The zero-order valence-corrected chi connectivity index (χ0v) is 15.5. The Labute approximate surface area is 158 Å². The quantitative estimate of drug-likeness (QED) is 0.565. The summed E-state index contributed by atoms with van der Waals surface area (Å²) in [5, 5.41) is 13.5. The van der Waals surface area contributed by atoms with Crippen LogP contribution in [0, 0.1) is 0 Å². The van der Waals surface area contributed by atoms with Crippen LogP contribution in [0.3, 0.4) is 0 Å². The molecule has 0 spiro atoms. The predicted molar refractivity (Wildman–Crippen MR) is 106 cm³/mol. The molecule has 3 rings (SSSR count). The van der Waals surface area contributed by atoms with Gasteiger partial charge in [-0.05, 0) is 48.7 Å². The van der Waals surface area contributed by atoms with Gasteiger partial charge in [-0.15, -0.1) is 0 Å². The summed E-state index contributed by atoms with van der Waals surface area (Å²) in [7, 11) is 1.63. The number of hydrogen-bond donors (Lipinski definition) is 3. The van der Waals surface area contributed by atoms with Gasteiger partial charge in [-0.2, -0.15) is 5.10 Å². The second-order valence-corrected chi connectivity index (χ2v) is 6.14. The normalized spacial score (nSPS) is 10.6. The van der Waals surface area contributed by atoms with Crippen molar-refractivity contribution in [3.8, 4) is 11.5 Å². The van der Waals surface area contributed by atoms with Crippen LogP contribution in [-0.2, 0) is 6.42 Å². The third kappa shape index (κ3) is 4.91. The number of nitrogens with zero attached hydrogens (tertiary/aromatic N) is 1. The fraction of sp³-hybridized carbons (Fsp3) is 0.300. The molecule has 0 saturated heterocycles. The van der Waals surface area contributed by atoms with Crippen LogP contribution in [0.1, 0.15) is 18.9 Å². The zero-order valence-electron chi connectivity index (χ0n) is 15.5. The van der Waals surface area contributed by atoms with E-state index in [4.69, 9.17) is 9.47 Å². The highest BCUT2D eigenvalue weighted by Gasteiger charge is 2.07. The number of rotatable bonds is 8. The molecule has 1 aromatic heterocycles. The van der Waals surface area contributed by atoms with Gasteiger partial charge in [0.1, 0.15) is 0 Å². The number of methoxy groups -OCH3 is 1. The van der Waals surface area contributed by atoms with Crippen LogP contribution in [-0.4, -0.2) is 36.5 Å². The third-order valence-electron chi connectivity index (χ3n) is 4.09. The lowest BCUT2D eigenvalue weighted by Crippen LogP contribution is -2.30. The van der Waals surface area contributed by atoms with Crippen molar-refractivity contribution in [2.45, 2.75) is 19.8 Å². The van der Waals surface area contributed by atoms with Gasteiger partial charge in [0, 0.05) is 17.6 Å². The molecule has 2 amide bonds. The Morgan fingerprint density at radius 2 is 2.07 bits per heavy atom. The summed E-state index contributed by atoms with van der Waals surface area (Å²) in [4.78, 5) is 12.1. The summed E-state index contributed by atoms with van der Waals surface area (Å²) < 4.78 is 11.0.